The molecule has 0 saturated carbocycles. The highest BCUT2D eigenvalue weighted by Crippen LogP contribution is 2.23. The molecule has 2 atom stereocenters. The summed E-state index contributed by atoms with van der Waals surface area (Å²) < 4.78 is 0. The molecule has 0 aromatic heterocycles. The first-order valence-electron chi connectivity index (χ1n) is 7.91. The van der Waals surface area contributed by atoms with E-state index in [9.17, 15) is 0 Å². The molecule has 0 radical (unpaired) electrons. The van der Waals surface area contributed by atoms with Crippen molar-refractivity contribution in [3.8, 4) is 0 Å². The largest absolute Gasteiger partial charge is 0.303 e. The van der Waals surface area contributed by atoms with Gasteiger partial charge in [-0.1, -0.05) is 55.0 Å². The molecule has 2 aromatic carbocycles. The molecule has 1 N–H and O–H groups in total. The number of benzene rings is 2. The SMILES string of the molecule is CCC(NC(C)c1ccc(C)c(C)c1)c1ccc(C)cc1. The van der Waals surface area contributed by atoms with Gasteiger partial charge in [0.2, 0.25) is 0 Å². The molecule has 0 aliphatic heterocycles. The highest BCUT2D eigenvalue weighted by atomic mass is 14.9. The fraction of sp³-hybridized carbons (Fsp3) is 0.400. The molecule has 112 valence electrons. The number of hydrogen-bond acceptors (Lipinski definition) is 1. The number of rotatable bonds is 5. The Hall–Kier alpha value is -1.60. The maximum absolute atomic E-state index is 3.77. The van der Waals surface area contributed by atoms with Crippen LogP contribution in [0.25, 0.3) is 0 Å². The van der Waals surface area contributed by atoms with Crippen molar-refractivity contribution in [3.63, 3.8) is 0 Å². The minimum atomic E-state index is 0.357. The average Bonchev–Trinajstić information content (AvgIpc) is 2.48. The van der Waals surface area contributed by atoms with Crippen LogP contribution >= 0.6 is 0 Å². The third kappa shape index (κ3) is 3.95. The summed E-state index contributed by atoms with van der Waals surface area (Å²) in [6.45, 7) is 11.0. The van der Waals surface area contributed by atoms with E-state index in [0.29, 0.717) is 12.1 Å². The van der Waals surface area contributed by atoms with E-state index in [4.69, 9.17) is 0 Å². The van der Waals surface area contributed by atoms with Crippen LogP contribution in [0.1, 0.15) is 60.2 Å². The first kappa shape index (κ1) is 15.8. The van der Waals surface area contributed by atoms with Crippen LogP contribution < -0.4 is 5.32 Å². The van der Waals surface area contributed by atoms with Crippen molar-refractivity contribution in [1.82, 2.24) is 5.32 Å². The lowest BCUT2D eigenvalue weighted by atomic mass is 9.98. The summed E-state index contributed by atoms with van der Waals surface area (Å²) in [5, 5.41) is 3.77. The molecule has 0 aliphatic rings. The van der Waals surface area contributed by atoms with Crippen molar-refractivity contribution in [2.24, 2.45) is 0 Å². The Labute approximate surface area is 129 Å². The zero-order chi connectivity index (χ0) is 15.4. The van der Waals surface area contributed by atoms with Crippen molar-refractivity contribution in [2.45, 2.75) is 53.1 Å². The molecule has 0 amide bonds. The Morgan fingerprint density at radius 3 is 2.05 bits per heavy atom. The van der Waals surface area contributed by atoms with Gasteiger partial charge >= 0.3 is 0 Å². The van der Waals surface area contributed by atoms with Gasteiger partial charge in [-0.2, -0.15) is 0 Å². The van der Waals surface area contributed by atoms with Gasteiger partial charge in [0.05, 0.1) is 0 Å². The third-order valence-electron chi connectivity index (χ3n) is 4.37. The van der Waals surface area contributed by atoms with E-state index in [1.54, 1.807) is 0 Å². The first-order valence-corrected chi connectivity index (χ1v) is 7.91. The predicted octanol–water partition coefficient (Wildman–Crippen LogP) is 5.41. The topological polar surface area (TPSA) is 12.0 Å². The Morgan fingerprint density at radius 1 is 0.857 bits per heavy atom. The van der Waals surface area contributed by atoms with E-state index in [-0.39, 0.29) is 0 Å². The second-order valence-electron chi connectivity index (χ2n) is 6.10. The number of aryl methyl sites for hydroxylation is 3. The van der Waals surface area contributed by atoms with Gasteiger partial charge in [0.15, 0.2) is 0 Å². The average molecular weight is 281 g/mol. The van der Waals surface area contributed by atoms with Crippen molar-refractivity contribution in [2.75, 3.05) is 0 Å². The summed E-state index contributed by atoms with van der Waals surface area (Å²) in [5.41, 5.74) is 6.78. The lowest BCUT2D eigenvalue weighted by Crippen LogP contribution is -2.24. The Morgan fingerprint density at radius 2 is 1.48 bits per heavy atom. The molecule has 1 heteroatoms. The van der Waals surface area contributed by atoms with Gasteiger partial charge in [-0.3, -0.25) is 0 Å². The molecule has 2 aromatic rings. The summed E-state index contributed by atoms with van der Waals surface area (Å²) in [6.07, 6.45) is 1.10. The molecule has 2 unspecified atom stereocenters. The molecule has 0 spiro atoms. The fourth-order valence-corrected chi connectivity index (χ4v) is 2.68. The highest BCUT2D eigenvalue weighted by Gasteiger charge is 2.14. The minimum Gasteiger partial charge on any atom is -0.303 e. The summed E-state index contributed by atoms with van der Waals surface area (Å²) in [7, 11) is 0. The maximum atomic E-state index is 3.77. The van der Waals surface area contributed by atoms with Crippen LogP contribution in [0.4, 0.5) is 0 Å². The quantitative estimate of drug-likeness (QED) is 0.772. The van der Waals surface area contributed by atoms with Crippen molar-refractivity contribution < 1.29 is 0 Å². The van der Waals surface area contributed by atoms with Crippen LogP contribution in [0.5, 0.6) is 0 Å². The van der Waals surface area contributed by atoms with Gasteiger partial charge in [0, 0.05) is 12.1 Å². The van der Waals surface area contributed by atoms with Crippen LogP contribution in [0.3, 0.4) is 0 Å². The van der Waals surface area contributed by atoms with Gasteiger partial charge in [0.1, 0.15) is 0 Å². The maximum Gasteiger partial charge on any atom is 0.0323 e. The first-order chi connectivity index (χ1) is 10.0. The van der Waals surface area contributed by atoms with Crippen LogP contribution in [0.15, 0.2) is 42.5 Å². The van der Waals surface area contributed by atoms with Gasteiger partial charge < -0.3 is 5.32 Å². The lowest BCUT2D eigenvalue weighted by molar-refractivity contribution is 0.456. The van der Waals surface area contributed by atoms with Crippen LogP contribution in [0, 0.1) is 20.8 Å². The molecule has 0 heterocycles. The molecule has 2 rings (SSSR count). The second kappa shape index (κ2) is 6.91. The predicted molar refractivity (Wildman–Crippen MR) is 91.7 cm³/mol. The summed E-state index contributed by atoms with van der Waals surface area (Å²) in [4.78, 5) is 0. The fourth-order valence-electron chi connectivity index (χ4n) is 2.68. The van der Waals surface area contributed by atoms with E-state index >= 15 is 0 Å². The van der Waals surface area contributed by atoms with Crippen LogP contribution in [-0.4, -0.2) is 0 Å². The van der Waals surface area contributed by atoms with E-state index < -0.39 is 0 Å². The Balaban J connectivity index is 2.13. The molecule has 0 saturated heterocycles. The van der Waals surface area contributed by atoms with E-state index in [1.807, 2.05) is 0 Å². The van der Waals surface area contributed by atoms with E-state index in [2.05, 4.69) is 82.4 Å². The highest BCUT2D eigenvalue weighted by molar-refractivity contribution is 5.32. The third-order valence-corrected chi connectivity index (χ3v) is 4.37. The molecule has 1 nitrogen and oxygen atoms in total. The lowest BCUT2D eigenvalue weighted by Gasteiger charge is -2.24. The van der Waals surface area contributed by atoms with Crippen molar-refractivity contribution in [3.05, 3.63) is 70.3 Å². The second-order valence-corrected chi connectivity index (χ2v) is 6.10. The van der Waals surface area contributed by atoms with Crippen LogP contribution in [-0.2, 0) is 0 Å². The van der Waals surface area contributed by atoms with Gasteiger partial charge in [-0.25, -0.2) is 0 Å². The van der Waals surface area contributed by atoms with Gasteiger partial charge in [0.25, 0.3) is 0 Å². The van der Waals surface area contributed by atoms with Crippen molar-refractivity contribution >= 4 is 0 Å². The monoisotopic (exact) mass is 281 g/mol. The zero-order valence-corrected chi connectivity index (χ0v) is 13.9. The smallest absolute Gasteiger partial charge is 0.0323 e. The standard InChI is InChI=1S/C20H27N/c1-6-20(18-10-7-14(2)8-11-18)21-17(5)19-12-9-15(3)16(4)13-19/h7-13,17,20-21H,6H2,1-5H3. The normalized spacial score (nSPS) is 14.0. The van der Waals surface area contributed by atoms with Gasteiger partial charge in [-0.05, 0) is 56.4 Å². The number of hydrogen-bond donors (Lipinski definition) is 1. The van der Waals surface area contributed by atoms with Crippen LogP contribution in [0.2, 0.25) is 0 Å². The van der Waals surface area contributed by atoms with Gasteiger partial charge in [-0.15, -0.1) is 0 Å². The summed E-state index contributed by atoms with van der Waals surface area (Å²) >= 11 is 0. The molecule has 21 heavy (non-hydrogen) atoms. The summed E-state index contributed by atoms with van der Waals surface area (Å²) in [6, 6.07) is 16.4. The van der Waals surface area contributed by atoms with E-state index in [0.717, 1.165) is 6.42 Å². The zero-order valence-electron chi connectivity index (χ0n) is 13.9. The molecular weight excluding hydrogens is 254 g/mol. The Bertz CT molecular complexity index is 583. The molecular formula is C20H27N. The number of nitrogens with one attached hydrogen (secondary N) is 1. The minimum absolute atomic E-state index is 0.357. The molecule has 0 fully saturated rings. The van der Waals surface area contributed by atoms with Crippen molar-refractivity contribution in [1.29, 1.82) is 0 Å². The molecule has 0 bridgehead atoms. The molecule has 0 aliphatic carbocycles. The Kier molecular flexibility index (Phi) is 5.19. The summed E-state index contributed by atoms with van der Waals surface area (Å²) in [5.74, 6) is 0. The van der Waals surface area contributed by atoms with E-state index in [1.165, 1.54) is 27.8 Å².